The van der Waals surface area contributed by atoms with E-state index in [4.69, 9.17) is 9.84 Å². The molecule has 0 saturated carbocycles. The highest BCUT2D eigenvalue weighted by molar-refractivity contribution is 5.90. The molecule has 2 aromatic rings. The van der Waals surface area contributed by atoms with E-state index in [0.29, 0.717) is 13.2 Å². The number of urea groups is 1. The molecule has 0 aliphatic heterocycles. The number of amides is 2. The van der Waals surface area contributed by atoms with Gasteiger partial charge in [-0.15, -0.1) is 0 Å². The summed E-state index contributed by atoms with van der Waals surface area (Å²) in [5, 5.41) is 11.7. The van der Waals surface area contributed by atoms with Crippen LogP contribution in [0.3, 0.4) is 0 Å². The summed E-state index contributed by atoms with van der Waals surface area (Å²) in [6.07, 6.45) is 0. The van der Waals surface area contributed by atoms with Crippen LogP contribution in [0, 0.1) is 6.92 Å². The van der Waals surface area contributed by atoms with E-state index in [1.54, 1.807) is 7.05 Å². The molecule has 0 bridgehead atoms. The molecule has 0 fully saturated rings. The molecule has 122 valence electrons. The molecule has 2 N–H and O–H groups in total. The molecule has 0 unspecified atom stereocenters. The van der Waals surface area contributed by atoms with Crippen LogP contribution < -0.4 is 10.1 Å². The first-order chi connectivity index (χ1) is 11.1. The molecule has 2 rings (SSSR count). The first-order valence-electron chi connectivity index (χ1n) is 7.50. The molecule has 0 radical (unpaired) electrons. The van der Waals surface area contributed by atoms with Gasteiger partial charge in [0.15, 0.2) is 0 Å². The molecule has 0 aromatic heterocycles. The number of aryl methyl sites for hydroxylation is 1. The Hall–Kier alpha value is -2.53. The Balaban J connectivity index is 1.96. The van der Waals surface area contributed by atoms with Gasteiger partial charge in [0.05, 0.1) is 6.61 Å². The minimum Gasteiger partial charge on any atom is -0.489 e. The van der Waals surface area contributed by atoms with E-state index in [0.717, 1.165) is 22.6 Å². The fourth-order valence-electron chi connectivity index (χ4n) is 2.07. The summed E-state index contributed by atoms with van der Waals surface area (Å²) in [4.78, 5) is 13.4. The molecule has 0 atom stereocenters. The summed E-state index contributed by atoms with van der Waals surface area (Å²) < 4.78 is 5.76. The average Bonchev–Trinajstić information content (AvgIpc) is 2.56. The number of rotatable bonds is 6. The Kier molecular flexibility index (Phi) is 6.00. The number of anilines is 1. The maximum atomic E-state index is 11.9. The van der Waals surface area contributed by atoms with Crippen molar-refractivity contribution in [3.05, 3.63) is 59.7 Å². The van der Waals surface area contributed by atoms with Crippen LogP contribution in [-0.2, 0) is 6.61 Å². The number of nitrogens with zero attached hydrogens (tertiary/aromatic N) is 1. The van der Waals surface area contributed by atoms with E-state index in [2.05, 4.69) is 5.32 Å². The maximum absolute atomic E-state index is 11.9. The lowest BCUT2D eigenvalue weighted by molar-refractivity contribution is 0.202. The highest BCUT2D eigenvalue weighted by Gasteiger charge is 2.10. The van der Waals surface area contributed by atoms with Gasteiger partial charge in [-0.25, -0.2) is 4.79 Å². The topological polar surface area (TPSA) is 61.8 Å². The summed E-state index contributed by atoms with van der Waals surface area (Å²) in [5.74, 6) is 0.757. The van der Waals surface area contributed by atoms with Crippen LogP contribution in [0.15, 0.2) is 48.5 Å². The normalized spacial score (nSPS) is 10.2. The number of benzene rings is 2. The van der Waals surface area contributed by atoms with Crippen molar-refractivity contribution in [1.82, 2.24) is 4.90 Å². The lowest BCUT2D eigenvalue weighted by Crippen LogP contribution is -2.33. The van der Waals surface area contributed by atoms with Crippen molar-refractivity contribution in [2.24, 2.45) is 0 Å². The van der Waals surface area contributed by atoms with Crippen molar-refractivity contribution >= 4 is 11.7 Å². The third kappa shape index (κ3) is 5.00. The maximum Gasteiger partial charge on any atom is 0.321 e. The monoisotopic (exact) mass is 314 g/mol. The smallest absolute Gasteiger partial charge is 0.321 e. The fraction of sp³-hybridized carbons (Fsp3) is 0.278. The molecule has 0 heterocycles. The van der Waals surface area contributed by atoms with Gasteiger partial charge in [0.2, 0.25) is 0 Å². The van der Waals surface area contributed by atoms with E-state index in [1.807, 2.05) is 55.5 Å². The van der Waals surface area contributed by atoms with Gasteiger partial charge in [-0.05, 0) is 36.2 Å². The van der Waals surface area contributed by atoms with E-state index in [9.17, 15) is 4.79 Å². The summed E-state index contributed by atoms with van der Waals surface area (Å²) in [7, 11) is 1.64. The van der Waals surface area contributed by atoms with Crippen molar-refractivity contribution in [2.75, 3.05) is 25.5 Å². The highest BCUT2D eigenvalue weighted by atomic mass is 16.5. The van der Waals surface area contributed by atoms with Gasteiger partial charge in [0.25, 0.3) is 0 Å². The molecule has 2 amide bonds. The van der Waals surface area contributed by atoms with Gasteiger partial charge in [0, 0.05) is 19.3 Å². The minimum absolute atomic E-state index is 0.0604. The lowest BCUT2D eigenvalue weighted by atomic mass is 10.2. The summed E-state index contributed by atoms with van der Waals surface area (Å²) in [5.41, 5.74) is 2.75. The third-order valence-electron chi connectivity index (χ3n) is 3.47. The van der Waals surface area contributed by atoms with Gasteiger partial charge < -0.3 is 20.1 Å². The number of carbonyl (C=O) groups excluding carboxylic acids is 1. The molecular formula is C18H22N2O3. The zero-order valence-electron chi connectivity index (χ0n) is 13.5. The molecule has 23 heavy (non-hydrogen) atoms. The van der Waals surface area contributed by atoms with Crippen LogP contribution in [0.25, 0.3) is 0 Å². The Morgan fingerprint density at radius 2 is 1.96 bits per heavy atom. The number of aliphatic hydroxyl groups is 1. The van der Waals surface area contributed by atoms with Crippen molar-refractivity contribution < 1.29 is 14.6 Å². The third-order valence-corrected chi connectivity index (χ3v) is 3.47. The molecule has 0 aliphatic carbocycles. The first-order valence-corrected chi connectivity index (χ1v) is 7.50. The highest BCUT2D eigenvalue weighted by Crippen LogP contribution is 2.22. The predicted molar refractivity (Wildman–Crippen MR) is 90.7 cm³/mol. The van der Waals surface area contributed by atoms with Gasteiger partial charge >= 0.3 is 6.03 Å². The van der Waals surface area contributed by atoms with E-state index in [-0.39, 0.29) is 12.6 Å². The Labute approximate surface area is 136 Å². The van der Waals surface area contributed by atoms with Crippen LogP contribution in [0.1, 0.15) is 11.1 Å². The SMILES string of the molecule is Cc1cc(OCc2ccccc2)ccc1NC(=O)N(C)CCO. The fourth-order valence-corrected chi connectivity index (χ4v) is 2.07. The van der Waals surface area contributed by atoms with E-state index >= 15 is 0 Å². The van der Waals surface area contributed by atoms with E-state index in [1.165, 1.54) is 4.90 Å². The Morgan fingerprint density at radius 1 is 1.22 bits per heavy atom. The molecule has 0 aliphatic rings. The van der Waals surface area contributed by atoms with Crippen molar-refractivity contribution in [3.63, 3.8) is 0 Å². The van der Waals surface area contributed by atoms with Crippen molar-refractivity contribution in [3.8, 4) is 5.75 Å². The second-order valence-corrected chi connectivity index (χ2v) is 5.33. The number of likely N-dealkylation sites (N-methyl/N-ethyl adjacent to an activating group) is 1. The zero-order valence-corrected chi connectivity index (χ0v) is 13.5. The van der Waals surface area contributed by atoms with Gasteiger partial charge in [-0.2, -0.15) is 0 Å². The van der Waals surface area contributed by atoms with Crippen LogP contribution >= 0.6 is 0 Å². The van der Waals surface area contributed by atoms with Crippen LogP contribution in [0.2, 0.25) is 0 Å². The standard InChI is InChI=1S/C18H22N2O3/c1-14-12-16(23-13-15-6-4-3-5-7-15)8-9-17(14)19-18(22)20(2)10-11-21/h3-9,12,21H,10-11,13H2,1-2H3,(H,19,22). The number of nitrogens with one attached hydrogen (secondary N) is 1. The quantitative estimate of drug-likeness (QED) is 0.861. The number of ether oxygens (including phenoxy) is 1. The van der Waals surface area contributed by atoms with Crippen LogP contribution in [0.4, 0.5) is 10.5 Å². The molecule has 0 spiro atoms. The number of hydrogen-bond acceptors (Lipinski definition) is 3. The predicted octanol–water partition coefficient (Wildman–Crippen LogP) is 3.03. The summed E-state index contributed by atoms with van der Waals surface area (Å²) >= 11 is 0. The summed E-state index contributed by atoms with van der Waals surface area (Å²) in [6.45, 7) is 2.65. The largest absolute Gasteiger partial charge is 0.489 e. The number of carbonyl (C=O) groups is 1. The lowest BCUT2D eigenvalue weighted by Gasteiger charge is -2.18. The van der Waals surface area contributed by atoms with Gasteiger partial charge in [-0.1, -0.05) is 30.3 Å². The zero-order chi connectivity index (χ0) is 16.7. The molecule has 5 nitrogen and oxygen atoms in total. The van der Waals surface area contributed by atoms with Crippen molar-refractivity contribution in [1.29, 1.82) is 0 Å². The minimum atomic E-state index is -0.250. The number of aliphatic hydroxyl groups excluding tert-OH is 1. The Bertz CT molecular complexity index is 644. The van der Waals surface area contributed by atoms with Crippen LogP contribution in [0.5, 0.6) is 5.75 Å². The van der Waals surface area contributed by atoms with Gasteiger partial charge in [-0.3, -0.25) is 0 Å². The summed E-state index contributed by atoms with van der Waals surface area (Å²) in [6, 6.07) is 15.2. The van der Waals surface area contributed by atoms with E-state index < -0.39 is 0 Å². The molecule has 2 aromatic carbocycles. The average molecular weight is 314 g/mol. The molecular weight excluding hydrogens is 292 g/mol. The number of hydrogen-bond donors (Lipinski definition) is 2. The molecule has 0 saturated heterocycles. The molecule has 5 heteroatoms. The first kappa shape index (κ1) is 16.8. The van der Waals surface area contributed by atoms with Gasteiger partial charge in [0.1, 0.15) is 12.4 Å². The van der Waals surface area contributed by atoms with Crippen molar-refractivity contribution in [2.45, 2.75) is 13.5 Å². The van der Waals surface area contributed by atoms with Crippen LogP contribution in [-0.4, -0.2) is 36.2 Å². The second kappa shape index (κ2) is 8.19. The Morgan fingerprint density at radius 3 is 2.61 bits per heavy atom. The second-order valence-electron chi connectivity index (χ2n) is 5.33.